The van der Waals surface area contributed by atoms with Crippen molar-refractivity contribution in [3.8, 4) is 5.75 Å². The molecule has 1 aromatic heterocycles. The van der Waals surface area contributed by atoms with E-state index in [2.05, 4.69) is 10.3 Å². The highest BCUT2D eigenvalue weighted by molar-refractivity contribution is 8.00. The number of aromatic amines is 1. The highest BCUT2D eigenvalue weighted by Gasteiger charge is 2.69. The first-order valence-electron chi connectivity index (χ1n) is 15.9. The second kappa shape index (κ2) is 11.2. The van der Waals surface area contributed by atoms with E-state index in [1.54, 1.807) is 17.8 Å². The van der Waals surface area contributed by atoms with Crippen LogP contribution in [0.3, 0.4) is 0 Å². The van der Waals surface area contributed by atoms with E-state index in [1.807, 2.05) is 60.7 Å². The van der Waals surface area contributed by atoms with Gasteiger partial charge in [-0.1, -0.05) is 53.8 Å². The first-order valence-corrected chi connectivity index (χ1v) is 17.6. The van der Waals surface area contributed by atoms with Crippen LogP contribution in [0.5, 0.6) is 5.75 Å². The van der Waals surface area contributed by atoms with Gasteiger partial charge in [0.05, 0.1) is 22.5 Å². The lowest BCUT2D eigenvalue weighted by Gasteiger charge is -2.43. The SMILES string of the molecule is O=C(COc1cccc([C@H]2c3sc(=O)[nH]c3SC3C2[C@H]2C[C@@H]3C3C(=O)N(c4ccc(F)cc4)C(=O)C32)c1)Nc1ccc2ccccc2c1. The maximum absolute atomic E-state index is 13.9. The predicted octanol–water partition coefficient (Wildman–Crippen LogP) is 6.42. The smallest absolute Gasteiger partial charge is 0.305 e. The number of benzene rings is 4. The quantitative estimate of drug-likeness (QED) is 0.201. The van der Waals surface area contributed by atoms with E-state index in [1.165, 1.54) is 40.5 Å². The van der Waals surface area contributed by atoms with Crippen molar-refractivity contribution in [2.75, 3.05) is 16.8 Å². The van der Waals surface area contributed by atoms with Crippen molar-refractivity contribution >= 4 is 63.0 Å². The van der Waals surface area contributed by atoms with Gasteiger partial charge in [0, 0.05) is 21.7 Å². The molecule has 3 heterocycles. The van der Waals surface area contributed by atoms with Gasteiger partial charge in [0.25, 0.3) is 5.91 Å². The number of thioether (sulfide) groups is 1. The Balaban J connectivity index is 0.987. The third-order valence-electron chi connectivity index (χ3n) is 10.4. The minimum Gasteiger partial charge on any atom is -0.484 e. The molecule has 9 rings (SSSR count). The van der Waals surface area contributed by atoms with E-state index >= 15 is 0 Å². The standard InChI is InChI=1S/C37H28FN3O5S2/c38-21-9-12-23(13-10-21)41-35(43)30-25-16-26(31(30)36(41)44)32-29(25)28(33-34(47-32)40-37(45)48-33)20-6-3-7-24(15-20)46-17-27(42)39-22-11-8-18-4-1-2-5-19(18)14-22/h1-15,25-26,28-32H,16-17H2,(H,39,42)(H,40,45)/t25-,26-,28-,29?,30?,31?,32?/m1/s1. The number of aromatic nitrogens is 1. The lowest BCUT2D eigenvalue weighted by Crippen LogP contribution is -2.42. The summed E-state index contributed by atoms with van der Waals surface area (Å²) in [4.78, 5) is 58.3. The van der Waals surface area contributed by atoms with Gasteiger partial charge in [-0.25, -0.2) is 4.39 Å². The summed E-state index contributed by atoms with van der Waals surface area (Å²) in [6.07, 6.45) is 0.757. The Labute approximate surface area is 282 Å². The first kappa shape index (κ1) is 29.4. The van der Waals surface area contributed by atoms with Crippen LogP contribution in [0, 0.1) is 35.4 Å². The lowest BCUT2D eigenvalue weighted by atomic mass is 9.68. The molecule has 240 valence electrons. The minimum atomic E-state index is -0.465. The maximum Gasteiger partial charge on any atom is 0.305 e. The van der Waals surface area contributed by atoms with Crippen LogP contribution in [0.25, 0.3) is 10.8 Å². The van der Waals surface area contributed by atoms with Crippen LogP contribution in [-0.2, 0) is 14.4 Å². The zero-order valence-electron chi connectivity index (χ0n) is 25.3. The number of fused-ring (bicyclic) bond motifs is 10. The van der Waals surface area contributed by atoms with Crippen LogP contribution in [0.2, 0.25) is 0 Å². The average Bonchev–Trinajstić information content (AvgIpc) is 3.83. The van der Waals surface area contributed by atoms with Crippen molar-refractivity contribution in [3.63, 3.8) is 0 Å². The number of nitrogens with zero attached hydrogens (tertiary/aromatic N) is 1. The summed E-state index contributed by atoms with van der Waals surface area (Å²) in [5.74, 6) is -1.82. The van der Waals surface area contributed by atoms with Crippen LogP contribution in [0.15, 0.2) is 101 Å². The Kier molecular flexibility index (Phi) is 6.84. The minimum absolute atomic E-state index is 0.0107. The molecule has 0 radical (unpaired) electrons. The van der Waals surface area contributed by atoms with Gasteiger partial charge in [-0.2, -0.15) is 0 Å². The van der Waals surface area contributed by atoms with Crippen LogP contribution in [-0.4, -0.2) is 34.6 Å². The number of amides is 3. The van der Waals surface area contributed by atoms with Crippen molar-refractivity contribution < 1.29 is 23.5 Å². The molecule has 1 saturated heterocycles. The van der Waals surface area contributed by atoms with Gasteiger partial charge in [0.2, 0.25) is 11.8 Å². The summed E-state index contributed by atoms with van der Waals surface area (Å²) in [7, 11) is 0. The number of anilines is 2. The van der Waals surface area contributed by atoms with E-state index < -0.39 is 17.7 Å². The molecule has 7 atom stereocenters. The number of carbonyl (C=O) groups is 3. The Morgan fingerprint density at radius 3 is 2.48 bits per heavy atom. The topological polar surface area (TPSA) is 109 Å². The van der Waals surface area contributed by atoms with E-state index in [4.69, 9.17) is 4.74 Å². The zero-order valence-corrected chi connectivity index (χ0v) is 26.9. The summed E-state index contributed by atoms with van der Waals surface area (Å²) in [5.41, 5.74) is 2.01. The van der Waals surface area contributed by atoms with Gasteiger partial charge >= 0.3 is 4.87 Å². The third-order valence-corrected chi connectivity index (χ3v) is 13.0. The van der Waals surface area contributed by atoms with E-state index in [-0.39, 0.29) is 58.1 Å². The second-order valence-corrected chi connectivity index (χ2v) is 15.1. The molecule has 4 aliphatic rings. The number of ether oxygens (including phenoxy) is 1. The van der Waals surface area contributed by atoms with E-state index in [0.717, 1.165) is 32.7 Å². The zero-order chi connectivity index (χ0) is 32.7. The molecule has 2 aliphatic heterocycles. The molecule has 2 bridgehead atoms. The molecule has 48 heavy (non-hydrogen) atoms. The second-order valence-electron chi connectivity index (χ2n) is 12.9. The number of imide groups is 1. The molecule has 3 amide bonds. The van der Waals surface area contributed by atoms with Crippen LogP contribution < -0.4 is 19.8 Å². The summed E-state index contributed by atoms with van der Waals surface area (Å²) in [6.45, 7) is -0.185. The highest BCUT2D eigenvalue weighted by Crippen LogP contribution is 2.68. The van der Waals surface area contributed by atoms with Gasteiger partial charge in [-0.15, -0.1) is 11.8 Å². The van der Waals surface area contributed by atoms with Crippen LogP contribution >= 0.6 is 23.1 Å². The van der Waals surface area contributed by atoms with Crippen molar-refractivity contribution in [1.82, 2.24) is 4.98 Å². The molecule has 4 aromatic carbocycles. The number of halogens is 1. The fraction of sp³-hybridized carbons (Fsp3) is 0.243. The largest absolute Gasteiger partial charge is 0.484 e. The summed E-state index contributed by atoms with van der Waals surface area (Å²) >= 11 is 2.81. The Morgan fingerprint density at radius 2 is 1.67 bits per heavy atom. The number of hydrogen-bond donors (Lipinski definition) is 2. The molecular weight excluding hydrogens is 650 g/mol. The Morgan fingerprint density at radius 1 is 0.896 bits per heavy atom. The average molecular weight is 678 g/mol. The normalized spacial score (nSPS) is 26.8. The molecule has 3 fully saturated rings. The third kappa shape index (κ3) is 4.62. The van der Waals surface area contributed by atoms with Gasteiger partial charge in [-0.3, -0.25) is 24.1 Å². The number of hydrogen-bond acceptors (Lipinski definition) is 7. The molecule has 8 nitrogen and oxygen atoms in total. The van der Waals surface area contributed by atoms with Gasteiger partial charge < -0.3 is 15.0 Å². The predicted molar refractivity (Wildman–Crippen MR) is 182 cm³/mol. The number of H-pyrrole nitrogens is 1. The van der Waals surface area contributed by atoms with Gasteiger partial charge in [-0.05, 0) is 89.0 Å². The van der Waals surface area contributed by atoms with Crippen molar-refractivity contribution in [2.24, 2.45) is 29.6 Å². The van der Waals surface area contributed by atoms with Crippen molar-refractivity contribution in [2.45, 2.75) is 22.6 Å². The van der Waals surface area contributed by atoms with E-state index in [0.29, 0.717) is 17.1 Å². The number of thiazole rings is 1. The van der Waals surface area contributed by atoms with E-state index in [9.17, 15) is 23.6 Å². The molecule has 2 aliphatic carbocycles. The molecule has 2 saturated carbocycles. The van der Waals surface area contributed by atoms with Gasteiger partial charge in [0.1, 0.15) is 11.6 Å². The maximum atomic E-state index is 13.9. The summed E-state index contributed by atoms with van der Waals surface area (Å²) in [5, 5.41) is 5.86. The number of rotatable bonds is 6. The fourth-order valence-electron chi connectivity index (χ4n) is 8.65. The van der Waals surface area contributed by atoms with Crippen LogP contribution in [0.4, 0.5) is 15.8 Å². The monoisotopic (exact) mass is 677 g/mol. The molecule has 2 N–H and O–H groups in total. The molecule has 4 unspecified atom stereocenters. The van der Waals surface area contributed by atoms with Crippen molar-refractivity contribution in [3.05, 3.63) is 117 Å². The van der Waals surface area contributed by atoms with Gasteiger partial charge in [0.15, 0.2) is 6.61 Å². The summed E-state index contributed by atoms with van der Waals surface area (Å²) in [6, 6.07) is 26.8. The molecular formula is C37H28FN3O5S2. The van der Waals surface area contributed by atoms with Crippen molar-refractivity contribution in [1.29, 1.82) is 0 Å². The molecule has 5 aromatic rings. The summed E-state index contributed by atoms with van der Waals surface area (Å²) < 4.78 is 19.7. The highest BCUT2D eigenvalue weighted by atomic mass is 32.2. The molecule has 0 spiro atoms. The molecule has 11 heteroatoms. The Hall–Kier alpha value is -4.74. The van der Waals surface area contributed by atoms with Crippen LogP contribution in [0.1, 0.15) is 22.8 Å². The lowest BCUT2D eigenvalue weighted by molar-refractivity contribution is -0.123. The number of carbonyl (C=O) groups excluding carboxylic acids is 3. The fourth-order valence-corrected chi connectivity index (χ4v) is 11.5. The Bertz CT molecular complexity index is 2200. The number of nitrogens with one attached hydrogen (secondary N) is 2. The first-order chi connectivity index (χ1) is 23.3.